The van der Waals surface area contributed by atoms with Gasteiger partial charge in [-0.2, -0.15) is 0 Å². The van der Waals surface area contributed by atoms with Crippen molar-refractivity contribution in [3.05, 3.63) is 24.0 Å². The molecule has 0 unspecified atom stereocenters. The second kappa shape index (κ2) is 8.35. The van der Waals surface area contributed by atoms with Gasteiger partial charge in [-0.1, -0.05) is 26.7 Å². The lowest BCUT2D eigenvalue weighted by molar-refractivity contribution is 0.675. The Morgan fingerprint density at radius 2 is 1.82 bits per heavy atom. The van der Waals surface area contributed by atoms with E-state index < -0.39 is 0 Å². The average molecular weight is 255 g/mol. The quantitative estimate of drug-likeness (QED) is 0.646. The molecule has 0 aliphatic heterocycles. The summed E-state index contributed by atoms with van der Waals surface area (Å²) < 4.78 is 0. The number of unbranched alkanes of at least 4 members (excludes halogenated alkanes) is 2. The molecule has 0 radical (unpaired) electrons. The van der Waals surface area contributed by atoms with Gasteiger partial charge in [0.25, 0.3) is 0 Å². The van der Waals surface area contributed by atoms with E-state index in [1.165, 1.54) is 36.9 Å². The van der Waals surface area contributed by atoms with Gasteiger partial charge in [-0.25, -0.2) is 0 Å². The first-order valence-corrected chi connectivity index (χ1v) is 7.10. The second-order valence-corrected chi connectivity index (χ2v) is 4.60. The summed E-state index contributed by atoms with van der Waals surface area (Å²) in [5, 5.41) is 0. The molecule has 1 heterocycles. The number of halogens is 1. The van der Waals surface area contributed by atoms with E-state index in [-0.39, 0.29) is 0 Å². The topological polar surface area (TPSA) is 16.1 Å². The SMILES string of the molecule is CCCCN(CCCC)c1cnccc1CCl. The number of rotatable bonds is 8. The van der Waals surface area contributed by atoms with Crippen molar-refractivity contribution < 1.29 is 0 Å². The van der Waals surface area contributed by atoms with Gasteiger partial charge in [0.1, 0.15) is 0 Å². The minimum atomic E-state index is 0.562. The highest BCUT2D eigenvalue weighted by Crippen LogP contribution is 2.21. The Bertz CT molecular complexity index is 307. The number of hydrogen-bond acceptors (Lipinski definition) is 2. The van der Waals surface area contributed by atoms with E-state index in [2.05, 4.69) is 23.7 Å². The van der Waals surface area contributed by atoms with Gasteiger partial charge in [0, 0.05) is 25.2 Å². The first-order valence-electron chi connectivity index (χ1n) is 6.57. The summed E-state index contributed by atoms with van der Waals surface area (Å²) in [4.78, 5) is 6.66. The van der Waals surface area contributed by atoms with Crippen molar-refractivity contribution in [2.45, 2.75) is 45.4 Å². The van der Waals surface area contributed by atoms with Crippen molar-refractivity contribution in [1.29, 1.82) is 0 Å². The molecule has 0 aromatic carbocycles. The molecule has 0 spiro atoms. The molecule has 3 heteroatoms. The van der Waals surface area contributed by atoms with E-state index in [0.29, 0.717) is 5.88 Å². The third-order valence-electron chi connectivity index (χ3n) is 2.94. The number of aromatic nitrogens is 1. The lowest BCUT2D eigenvalue weighted by atomic mass is 10.2. The monoisotopic (exact) mass is 254 g/mol. The molecule has 1 aromatic rings. The predicted octanol–water partition coefficient (Wildman–Crippen LogP) is 4.23. The summed E-state index contributed by atoms with van der Waals surface area (Å²) in [6.45, 7) is 6.66. The Hall–Kier alpha value is -0.760. The van der Waals surface area contributed by atoms with E-state index in [4.69, 9.17) is 11.6 Å². The van der Waals surface area contributed by atoms with Gasteiger partial charge in [0.2, 0.25) is 0 Å². The normalized spacial score (nSPS) is 10.5. The van der Waals surface area contributed by atoms with Gasteiger partial charge >= 0.3 is 0 Å². The van der Waals surface area contributed by atoms with Crippen molar-refractivity contribution in [3.63, 3.8) is 0 Å². The third kappa shape index (κ3) is 4.55. The summed E-state index contributed by atoms with van der Waals surface area (Å²) in [7, 11) is 0. The molecule has 1 rings (SSSR count). The van der Waals surface area contributed by atoms with Crippen molar-refractivity contribution in [2.24, 2.45) is 0 Å². The van der Waals surface area contributed by atoms with Crippen LogP contribution in [0.2, 0.25) is 0 Å². The molecule has 0 amide bonds. The molecule has 96 valence electrons. The average Bonchev–Trinajstić information content (AvgIpc) is 2.39. The summed E-state index contributed by atoms with van der Waals surface area (Å²) in [5.74, 6) is 0.562. The molecule has 0 aliphatic rings. The molecule has 2 nitrogen and oxygen atoms in total. The highest BCUT2D eigenvalue weighted by Gasteiger charge is 2.09. The van der Waals surface area contributed by atoms with Crippen LogP contribution < -0.4 is 4.90 Å². The molecular formula is C14H23ClN2. The Morgan fingerprint density at radius 1 is 1.18 bits per heavy atom. The highest BCUT2D eigenvalue weighted by atomic mass is 35.5. The van der Waals surface area contributed by atoms with Gasteiger partial charge in [-0.15, -0.1) is 11.6 Å². The number of hydrogen-bond donors (Lipinski definition) is 0. The molecule has 0 aliphatic carbocycles. The Labute approximate surface area is 110 Å². The van der Waals surface area contributed by atoms with E-state index in [0.717, 1.165) is 13.1 Å². The van der Waals surface area contributed by atoms with Gasteiger partial charge in [0.15, 0.2) is 0 Å². The second-order valence-electron chi connectivity index (χ2n) is 4.33. The lowest BCUT2D eigenvalue weighted by Crippen LogP contribution is -2.26. The zero-order chi connectivity index (χ0) is 12.5. The molecule has 17 heavy (non-hydrogen) atoms. The summed E-state index contributed by atoms with van der Waals surface area (Å²) >= 11 is 5.99. The zero-order valence-electron chi connectivity index (χ0n) is 11.0. The fraction of sp³-hybridized carbons (Fsp3) is 0.643. The van der Waals surface area contributed by atoms with E-state index in [1.807, 2.05) is 18.5 Å². The molecule has 1 aromatic heterocycles. The first-order chi connectivity index (χ1) is 8.33. The van der Waals surface area contributed by atoms with Gasteiger partial charge in [0.05, 0.1) is 11.9 Å². The summed E-state index contributed by atoms with van der Waals surface area (Å²) in [5.41, 5.74) is 2.40. The molecule has 0 saturated carbocycles. The number of alkyl halides is 1. The van der Waals surface area contributed by atoms with E-state index in [1.54, 1.807) is 0 Å². The highest BCUT2D eigenvalue weighted by molar-refractivity contribution is 6.17. The Morgan fingerprint density at radius 3 is 2.35 bits per heavy atom. The fourth-order valence-corrected chi connectivity index (χ4v) is 2.09. The van der Waals surface area contributed by atoms with Crippen LogP contribution in [0, 0.1) is 0 Å². The van der Waals surface area contributed by atoms with Crippen LogP contribution in [0.1, 0.15) is 45.1 Å². The standard InChI is InChI=1S/C14H23ClN2/c1-3-5-9-17(10-6-4-2)14-12-16-8-7-13(14)11-15/h7-8,12H,3-6,9-11H2,1-2H3. The van der Waals surface area contributed by atoms with Crippen LogP contribution in [0.15, 0.2) is 18.5 Å². The van der Waals surface area contributed by atoms with E-state index in [9.17, 15) is 0 Å². The van der Waals surface area contributed by atoms with Gasteiger partial charge in [-0.05, 0) is 24.5 Å². The van der Waals surface area contributed by atoms with Crippen LogP contribution >= 0.6 is 11.6 Å². The predicted molar refractivity (Wildman–Crippen MR) is 75.8 cm³/mol. The molecule has 0 fully saturated rings. The van der Waals surface area contributed by atoms with Crippen molar-refractivity contribution >= 4 is 17.3 Å². The van der Waals surface area contributed by atoms with Gasteiger partial charge < -0.3 is 4.90 Å². The van der Waals surface area contributed by atoms with Crippen LogP contribution in [0.4, 0.5) is 5.69 Å². The lowest BCUT2D eigenvalue weighted by Gasteiger charge is -2.26. The largest absolute Gasteiger partial charge is 0.370 e. The number of nitrogens with zero attached hydrogens (tertiary/aromatic N) is 2. The molecule has 0 atom stereocenters. The number of pyridine rings is 1. The minimum Gasteiger partial charge on any atom is -0.370 e. The molecule has 0 saturated heterocycles. The minimum absolute atomic E-state index is 0.562. The summed E-state index contributed by atoms with van der Waals surface area (Å²) in [6, 6.07) is 2.02. The van der Waals surface area contributed by atoms with Crippen molar-refractivity contribution in [1.82, 2.24) is 4.98 Å². The molecular weight excluding hydrogens is 232 g/mol. The van der Waals surface area contributed by atoms with Crippen LogP contribution in [0.25, 0.3) is 0 Å². The first kappa shape index (κ1) is 14.3. The van der Waals surface area contributed by atoms with Crippen LogP contribution in [0.5, 0.6) is 0 Å². The third-order valence-corrected chi connectivity index (χ3v) is 3.22. The maximum atomic E-state index is 5.99. The fourth-order valence-electron chi connectivity index (χ4n) is 1.86. The van der Waals surface area contributed by atoms with Crippen LogP contribution in [-0.4, -0.2) is 18.1 Å². The van der Waals surface area contributed by atoms with Crippen LogP contribution in [0.3, 0.4) is 0 Å². The maximum Gasteiger partial charge on any atom is 0.0597 e. The van der Waals surface area contributed by atoms with E-state index >= 15 is 0 Å². The van der Waals surface area contributed by atoms with Crippen molar-refractivity contribution in [3.8, 4) is 0 Å². The van der Waals surface area contributed by atoms with Crippen molar-refractivity contribution in [2.75, 3.05) is 18.0 Å². The molecule has 0 bridgehead atoms. The maximum absolute atomic E-state index is 5.99. The van der Waals surface area contributed by atoms with Gasteiger partial charge in [-0.3, -0.25) is 4.98 Å². The van der Waals surface area contributed by atoms with Crippen LogP contribution in [-0.2, 0) is 5.88 Å². The summed E-state index contributed by atoms with van der Waals surface area (Å²) in [6.07, 6.45) is 8.65. The Balaban J connectivity index is 2.78. The smallest absolute Gasteiger partial charge is 0.0597 e. The molecule has 0 N–H and O–H groups in total. The Kier molecular flexibility index (Phi) is 7.02. The number of anilines is 1. The zero-order valence-corrected chi connectivity index (χ0v) is 11.7.